The van der Waals surface area contributed by atoms with Crippen LogP contribution in [0.3, 0.4) is 0 Å². The molecule has 0 aliphatic carbocycles. The average molecular weight is 492 g/mol. The third-order valence-electron chi connectivity index (χ3n) is 6.37. The van der Waals surface area contributed by atoms with E-state index in [1.807, 2.05) is 28.8 Å². The maximum Gasteiger partial charge on any atom is 0.291 e. The van der Waals surface area contributed by atoms with Gasteiger partial charge in [-0.05, 0) is 62.7 Å². The van der Waals surface area contributed by atoms with E-state index in [2.05, 4.69) is 29.2 Å². The summed E-state index contributed by atoms with van der Waals surface area (Å²) in [5.74, 6) is -0.537. The molecular weight excluding hydrogens is 457 g/mol. The second kappa shape index (κ2) is 11.9. The quantitative estimate of drug-likeness (QED) is 0.302. The van der Waals surface area contributed by atoms with Crippen molar-refractivity contribution in [3.63, 3.8) is 0 Å². The zero-order chi connectivity index (χ0) is 25.5. The van der Waals surface area contributed by atoms with Gasteiger partial charge in [0.05, 0.1) is 6.20 Å². The van der Waals surface area contributed by atoms with Crippen molar-refractivity contribution in [2.45, 2.75) is 46.2 Å². The number of hydrogen-bond donors (Lipinski definition) is 1. The molecule has 0 bridgehead atoms. The number of fused-ring (bicyclic) bond motifs is 3. The molecule has 7 nitrogen and oxygen atoms in total. The molecule has 8 heteroatoms. The summed E-state index contributed by atoms with van der Waals surface area (Å²) in [5.41, 5.74) is 1.93. The number of amides is 1. The molecule has 0 aliphatic rings. The van der Waals surface area contributed by atoms with Gasteiger partial charge in [0.25, 0.3) is 5.56 Å². The fraction of sp³-hybridized carbons (Fsp3) is 0.393. The number of aromatic nitrogens is 3. The standard InChI is InChI=1S/C28H34FN5O2/c1-3-15-32(16-4-2)17-7-14-30-26(35)20-34-28(36)27-24(18-31-34)23-8-5-6-9-25(23)33(27)19-21-10-12-22(29)13-11-21/h5-6,8-13,18H,3-4,7,14-17,19-20H2,1-2H3,(H,30,35). The van der Waals surface area contributed by atoms with Crippen LogP contribution in [0.15, 0.2) is 59.5 Å². The molecule has 0 spiro atoms. The van der Waals surface area contributed by atoms with Crippen molar-refractivity contribution in [1.29, 1.82) is 0 Å². The van der Waals surface area contributed by atoms with Gasteiger partial charge in [0, 0.05) is 29.4 Å². The van der Waals surface area contributed by atoms with Crippen molar-refractivity contribution in [2.24, 2.45) is 0 Å². The van der Waals surface area contributed by atoms with Crippen molar-refractivity contribution < 1.29 is 9.18 Å². The summed E-state index contributed by atoms with van der Waals surface area (Å²) in [4.78, 5) is 28.5. The third-order valence-corrected chi connectivity index (χ3v) is 6.37. The van der Waals surface area contributed by atoms with Crippen molar-refractivity contribution in [2.75, 3.05) is 26.2 Å². The molecule has 1 amide bonds. The summed E-state index contributed by atoms with van der Waals surface area (Å²) in [7, 11) is 0. The van der Waals surface area contributed by atoms with Gasteiger partial charge in [-0.2, -0.15) is 5.10 Å². The Morgan fingerprint density at radius 2 is 1.72 bits per heavy atom. The van der Waals surface area contributed by atoms with Crippen LogP contribution in [0.25, 0.3) is 21.8 Å². The summed E-state index contributed by atoms with van der Waals surface area (Å²) in [6.45, 7) is 8.23. The minimum absolute atomic E-state index is 0.138. The molecule has 1 N–H and O–H groups in total. The van der Waals surface area contributed by atoms with Crippen LogP contribution in [0.5, 0.6) is 0 Å². The lowest BCUT2D eigenvalue weighted by molar-refractivity contribution is -0.121. The van der Waals surface area contributed by atoms with Crippen LogP contribution in [0.2, 0.25) is 0 Å². The predicted molar refractivity (Wildman–Crippen MR) is 142 cm³/mol. The molecule has 0 unspecified atom stereocenters. The lowest BCUT2D eigenvalue weighted by atomic mass is 10.2. The molecule has 36 heavy (non-hydrogen) atoms. The first-order valence-corrected chi connectivity index (χ1v) is 12.7. The minimum Gasteiger partial charge on any atom is -0.354 e. The van der Waals surface area contributed by atoms with Crippen LogP contribution in [0.4, 0.5) is 4.39 Å². The van der Waals surface area contributed by atoms with E-state index in [1.165, 1.54) is 16.8 Å². The fourth-order valence-electron chi connectivity index (χ4n) is 4.73. The molecule has 0 fully saturated rings. The van der Waals surface area contributed by atoms with Crippen LogP contribution in [0, 0.1) is 5.82 Å². The number of carbonyl (C=O) groups excluding carboxylic acids is 1. The van der Waals surface area contributed by atoms with Crippen molar-refractivity contribution in [1.82, 2.24) is 24.6 Å². The van der Waals surface area contributed by atoms with Gasteiger partial charge in [-0.15, -0.1) is 0 Å². The monoisotopic (exact) mass is 491 g/mol. The Morgan fingerprint density at radius 1 is 1.00 bits per heavy atom. The zero-order valence-corrected chi connectivity index (χ0v) is 21.0. The van der Waals surface area contributed by atoms with Crippen molar-refractivity contribution in [3.8, 4) is 0 Å². The summed E-state index contributed by atoms with van der Waals surface area (Å²) >= 11 is 0. The minimum atomic E-state index is -0.321. The van der Waals surface area contributed by atoms with Gasteiger partial charge in [-0.3, -0.25) is 9.59 Å². The predicted octanol–water partition coefficient (Wildman–Crippen LogP) is 4.17. The highest BCUT2D eigenvalue weighted by molar-refractivity contribution is 6.07. The van der Waals surface area contributed by atoms with Gasteiger partial charge in [-0.1, -0.05) is 44.2 Å². The lowest BCUT2D eigenvalue weighted by Crippen LogP contribution is -2.36. The number of hydrogen-bond acceptors (Lipinski definition) is 4. The molecule has 2 heterocycles. The maximum absolute atomic E-state index is 13.5. The largest absolute Gasteiger partial charge is 0.354 e. The molecule has 0 radical (unpaired) electrons. The van der Waals surface area contributed by atoms with Crippen LogP contribution < -0.4 is 10.9 Å². The molecule has 190 valence electrons. The first-order chi connectivity index (χ1) is 17.5. The number of benzene rings is 2. The number of rotatable bonds is 12. The summed E-state index contributed by atoms with van der Waals surface area (Å²) < 4.78 is 16.6. The van der Waals surface area contributed by atoms with Gasteiger partial charge in [0.15, 0.2) is 0 Å². The highest BCUT2D eigenvalue weighted by atomic mass is 19.1. The zero-order valence-electron chi connectivity index (χ0n) is 21.0. The van der Waals surface area contributed by atoms with Gasteiger partial charge in [0.1, 0.15) is 17.9 Å². The maximum atomic E-state index is 13.5. The number of nitrogens with one attached hydrogen (secondary N) is 1. The summed E-state index contributed by atoms with van der Waals surface area (Å²) in [6, 6.07) is 14.0. The van der Waals surface area contributed by atoms with Crippen molar-refractivity contribution >= 4 is 27.7 Å². The first-order valence-electron chi connectivity index (χ1n) is 12.7. The number of halogens is 1. The van der Waals surface area contributed by atoms with Crippen LogP contribution in [-0.2, 0) is 17.9 Å². The normalized spacial score (nSPS) is 11.6. The van der Waals surface area contributed by atoms with Crippen molar-refractivity contribution in [3.05, 3.63) is 76.5 Å². The molecule has 4 rings (SSSR count). The van der Waals surface area contributed by atoms with Gasteiger partial charge >= 0.3 is 0 Å². The number of nitrogens with zero attached hydrogens (tertiary/aromatic N) is 4. The number of para-hydroxylation sites is 1. The lowest BCUT2D eigenvalue weighted by Gasteiger charge is -2.20. The average Bonchev–Trinajstić information content (AvgIpc) is 3.19. The van der Waals surface area contributed by atoms with E-state index in [-0.39, 0.29) is 23.8 Å². The Bertz CT molecular complexity index is 1370. The van der Waals surface area contributed by atoms with E-state index in [1.54, 1.807) is 18.3 Å². The van der Waals surface area contributed by atoms with Crippen LogP contribution in [0.1, 0.15) is 38.7 Å². The molecule has 0 atom stereocenters. The highest BCUT2D eigenvalue weighted by Crippen LogP contribution is 2.27. The molecule has 2 aromatic carbocycles. The molecule has 0 saturated carbocycles. The molecule has 0 aliphatic heterocycles. The van der Waals surface area contributed by atoms with Gasteiger partial charge in [-0.25, -0.2) is 9.07 Å². The van der Waals surface area contributed by atoms with E-state index < -0.39 is 0 Å². The second-order valence-corrected chi connectivity index (χ2v) is 9.14. The number of carbonyl (C=O) groups is 1. The SMILES string of the molecule is CCCN(CCC)CCCNC(=O)Cn1ncc2c3ccccc3n(Cc3ccc(F)cc3)c2c1=O. The fourth-order valence-corrected chi connectivity index (χ4v) is 4.73. The molecule has 0 saturated heterocycles. The van der Waals surface area contributed by atoms with E-state index in [0.717, 1.165) is 60.7 Å². The Morgan fingerprint density at radius 3 is 2.44 bits per heavy atom. The Kier molecular flexibility index (Phi) is 8.48. The van der Waals surface area contributed by atoms with Crippen LogP contribution >= 0.6 is 0 Å². The van der Waals surface area contributed by atoms with E-state index in [4.69, 9.17) is 0 Å². The smallest absolute Gasteiger partial charge is 0.291 e. The van der Waals surface area contributed by atoms with Gasteiger partial charge < -0.3 is 14.8 Å². The summed E-state index contributed by atoms with van der Waals surface area (Å²) in [6.07, 6.45) is 4.74. The van der Waals surface area contributed by atoms with Gasteiger partial charge in [0.2, 0.25) is 5.91 Å². The molecular formula is C28H34FN5O2. The van der Waals surface area contributed by atoms with E-state index in [0.29, 0.717) is 18.6 Å². The topological polar surface area (TPSA) is 72.2 Å². The molecule has 2 aromatic heterocycles. The second-order valence-electron chi connectivity index (χ2n) is 9.14. The van der Waals surface area contributed by atoms with Crippen LogP contribution in [-0.4, -0.2) is 51.3 Å². The highest BCUT2D eigenvalue weighted by Gasteiger charge is 2.17. The Balaban J connectivity index is 1.53. The third kappa shape index (κ3) is 5.82. The Labute approximate surface area is 210 Å². The molecule has 4 aromatic rings. The first kappa shape index (κ1) is 25.6. The summed E-state index contributed by atoms with van der Waals surface area (Å²) in [5, 5.41) is 8.88. The Hall–Kier alpha value is -3.52. The van der Waals surface area contributed by atoms with E-state index >= 15 is 0 Å². The van der Waals surface area contributed by atoms with E-state index in [9.17, 15) is 14.0 Å².